The maximum absolute atomic E-state index is 11.1. The molecule has 0 bridgehead atoms. The molecule has 2 heterocycles. The Labute approximate surface area is 106 Å². The van der Waals surface area contributed by atoms with E-state index in [2.05, 4.69) is 4.98 Å². The van der Waals surface area contributed by atoms with Gasteiger partial charge in [-0.15, -0.1) is 11.3 Å². The predicted octanol–water partition coefficient (Wildman–Crippen LogP) is 3.05. The summed E-state index contributed by atoms with van der Waals surface area (Å²) in [7, 11) is 0. The molecule has 0 saturated carbocycles. The molecule has 90 valence electrons. The van der Waals surface area contributed by atoms with Crippen LogP contribution in [0.3, 0.4) is 0 Å². The lowest BCUT2D eigenvalue weighted by Crippen LogP contribution is -1.99. The number of non-ortho nitro benzene ring substituents is 1. The number of hydrogen-bond acceptors (Lipinski definition) is 4. The first-order valence-electron chi connectivity index (χ1n) is 5.35. The van der Waals surface area contributed by atoms with Crippen molar-refractivity contribution in [3.8, 4) is 0 Å². The van der Waals surface area contributed by atoms with Crippen LogP contribution in [-0.2, 0) is 6.54 Å². The van der Waals surface area contributed by atoms with E-state index in [1.807, 2.05) is 22.9 Å². The molecule has 0 aliphatic rings. The maximum Gasteiger partial charge on any atom is 0.293 e. The molecule has 0 aliphatic heterocycles. The summed E-state index contributed by atoms with van der Waals surface area (Å²) in [6.45, 7) is 0.610. The highest BCUT2D eigenvalue weighted by Crippen LogP contribution is 2.27. The molecule has 0 saturated heterocycles. The van der Waals surface area contributed by atoms with E-state index >= 15 is 0 Å². The predicted molar refractivity (Wildman–Crippen MR) is 69.8 cm³/mol. The first kappa shape index (κ1) is 10.9. The zero-order valence-corrected chi connectivity index (χ0v) is 10.1. The normalized spacial score (nSPS) is 10.9. The molecule has 1 aromatic carbocycles. The highest BCUT2D eigenvalue weighted by atomic mass is 32.1. The summed E-state index contributed by atoms with van der Waals surface area (Å²) < 4.78 is 1.89. The third-order valence-electron chi connectivity index (χ3n) is 2.77. The van der Waals surface area contributed by atoms with Gasteiger partial charge in [-0.3, -0.25) is 15.1 Å². The average Bonchev–Trinajstić information content (AvgIpc) is 2.99. The fraction of sp³-hybridized carbons (Fsp3) is 0.0833. The largest absolute Gasteiger partial charge is 0.337 e. The van der Waals surface area contributed by atoms with E-state index in [0.717, 1.165) is 10.3 Å². The summed E-state index contributed by atoms with van der Waals surface area (Å²) in [6.07, 6.45) is 3.66. The van der Waals surface area contributed by atoms with Crippen molar-refractivity contribution in [1.82, 2.24) is 9.55 Å². The number of rotatable bonds is 3. The van der Waals surface area contributed by atoms with Gasteiger partial charge in [-0.2, -0.15) is 0 Å². The van der Waals surface area contributed by atoms with Crippen molar-refractivity contribution < 1.29 is 4.92 Å². The van der Waals surface area contributed by atoms with Crippen molar-refractivity contribution in [1.29, 1.82) is 0 Å². The second-order valence-electron chi connectivity index (χ2n) is 3.88. The smallest absolute Gasteiger partial charge is 0.293 e. The van der Waals surface area contributed by atoms with Gasteiger partial charge in [0.25, 0.3) is 5.69 Å². The lowest BCUT2D eigenvalue weighted by atomic mass is 10.2. The van der Waals surface area contributed by atoms with Crippen LogP contribution in [0.25, 0.3) is 10.9 Å². The SMILES string of the molecule is O=[N+]([O-])c1cccc2ccn(Cc3cncs3)c12. The molecule has 3 rings (SSSR count). The van der Waals surface area contributed by atoms with Crippen molar-refractivity contribution in [2.24, 2.45) is 0 Å². The number of benzene rings is 1. The first-order valence-corrected chi connectivity index (χ1v) is 6.23. The van der Waals surface area contributed by atoms with E-state index in [0.29, 0.717) is 12.1 Å². The lowest BCUT2D eigenvalue weighted by molar-refractivity contribution is -0.383. The van der Waals surface area contributed by atoms with Crippen LogP contribution in [0.4, 0.5) is 5.69 Å². The minimum absolute atomic E-state index is 0.141. The average molecular weight is 259 g/mol. The van der Waals surface area contributed by atoms with Gasteiger partial charge >= 0.3 is 0 Å². The highest BCUT2D eigenvalue weighted by molar-refractivity contribution is 7.09. The molecule has 0 N–H and O–H groups in total. The summed E-state index contributed by atoms with van der Waals surface area (Å²) in [5.41, 5.74) is 2.56. The number of hydrogen-bond donors (Lipinski definition) is 0. The van der Waals surface area contributed by atoms with Crippen molar-refractivity contribution in [2.45, 2.75) is 6.54 Å². The van der Waals surface area contributed by atoms with Gasteiger partial charge in [0, 0.05) is 28.7 Å². The van der Waals surface area contributed by atoms with E-state index in [9.17, 15) is 10.1 Å². The molecular weight excluding hydrogens is 250 g/mol. The van der Waals surface area contributed by atoms with Crippen LogP contribution in [-0.4, -0.2) is 14.5 Å². The van der Waals surface area contributed by atoms with Gasteiger partial charge < -0.3 is 4.57 Å². The number of para-hydroxylation sites is 1. The molecule has 5 nitrogen and oxygen atoms in total. The van der Waals surface area contributed by atoms with Crippen LogP contribution < -0.4 is 0 Å². The Kier molecular flexibility index (Phi) is 2.56. The number of thiazole rings is 1. The molecule has 0 fully saturated rings. The van der Waals surface area contributed by atoms with Crippen molar-refractivity contribution in [3.05, 3.63) is 57.2 Å². The molecule has 0 atom stereocenters. The summed E-state index contributed by atoms with van der Waals surface area (Å²) in [6, 6.07) is 7.01. The number of aromatic nitrogens is 2. The zero-order valence-electron chi connectivity index (χ0n) is 9.31. The molecule has 18 heavy (non-hydrogen) atoms. The Bertz CT molecular complexity index is 703. The van der Waals surface area contributed by atoms with Gasteiger partial charge in [0.2, 0.25) is 0 Å². The molecule has 0 amide bonds. The Morgan fingerprint density at radius 3 is 3.00 bits per heavy atom. The third kappa shape index (κ3) is 1.76. The van der Waals surface area contributed by atoms with Crippen LogP contribution >= 0.6 is 11.3 Å². The van der Waals surface area contributed by atoms with Gasteiger partial charge in [0.1, 0.15) is 5.52 Å². The molecule has 0 spiro atoms. The molecule has 0 unspecified atom stereocenters. The number of fused-ring (bicyclic) bond motifs is 1. The van der Waals surface area contributed by atoms with Crippen molar-refractivity contribution >= 4 is 27.9 Å². The van der Waals surface area contributed by atoms with Crippen LogP contribution in [0, 0.1) is 10.1 Å². The molecule has 3 aromatic rings. The van der Waals surface area contributed by atoms with E-state index < -0.39 is 0 Å². The second-order valence-corrected chi connectivity index (χ2v) is 4.85. The zero-order chi connectivity index (χ0) is 12.5. The topological polar surface area (TPSA) is 61.0 Å². The Morgan fingerprint density at radius 1 is 1.39 bits per heavy atom. The fourth-order valence-corrected chi connectivity index (χ4v) is 2.60. The standard InChI is InChI=1S/C12H9N3O2S/c16-15(17)11-3-1-2-9-4-5-14(12(9)11)7-10-6-13-8-18-10/h1-6,8H,7H2. The van der Waals surface area contributed by atoms with Crippen LogP contribution in [0.1, 0.15) is 4.88 Å². The molecule has 0 aliphatic carbocycles. The number of nitro benzene ring substituents is 1. The Morgan fingerprint density at radius 2 is 2.28 bits per heavy atom. The van der Waals surface area contributed by atoms with Gasteiger partial charge in [-0.1, -0.05) is 12.1 Å². The molecular formula is C12H9N3O2S. The van der Waals surface area contributed by atoms with Gasteiger partial charge in [0.05, 0.1) is 17.0 Å². The fourth-order valence-electron chi connectivity index (χ4n) is 2.01. The van der Waals surface area contributed by atoms with Crippen LogP contribution in [0.5, 0.6) is 0 Å². The maximum atomic E-state index is 11.1. The molecule has 6 heteroatoms. The Balaban J connectivity index is 2.15. The van der Waals surface area contributed by atoms with Gasteiger partial charge in [-0.25, -0.2) is 0 Å². The summed E-state index contributed by atoms with van der Waals surface area (Å²) in [5, 5.41) is 11.9. The van der Waals surface area contributed by atoms with E-state index in [1.54, 1.807) is 29.1 Å². The molecule has 0 radical (unpaired) electrons. The Hall–Kier alpha value is -2.21. The quantitative estimate of drug-likeness (QED) is 0.536. The molecule has 2 aromatic heterocycles. The minimum Gasteiger partial charge on any atom is -0.337 e. The van der Waals surface area contributed by atoms with Gasteiger partial charge in [-0.05, 0) is 6.07 Å². The van der Waals surface area contributed by atoms with Crippen molar-refractivity contribution in [3.63, 3.8) is 0 Å². The van der Waals surface area contributed by atoms with E-state index in [1.165, 1.54) is 6.07 Å². The van der Waals surface area contributed by atoms with Gasteiger partial charge in [0.15, 0.2) is 0 Å². The first-order chi connectivity index (χ1) is 8.75. The van der Waals surface area contributed by atoms with E-state index in [4.69, 9.17) is 0 Å². The summed E-state index contributed by atoms with van der Waals surface area (Å²) in [4.78, 5) is 15.8. The van der Waals surface area contributed by atoms with Crippen LogP contribution in [0.2, 0.25) is 0 Å². The monoisotopic (exact) mass is 259 g/mol. The lowest BCUT2D eigenvalue weighted by Gasteiger charge is -2.03. The van der Waals surface area contributed by atoms with Crippen molar-refractivity contribution in [2.75, 3.05) is 0 Å². The van der Waals surface area contributed by atoms with Crippen LogP contribution in [0.15, 0.2) is 42.2 Å². The van der Waals surface area contributed by atoms with E-state index in [-0.39, 0.29) is 10.6 Å². The summed E-state index contributed by atoms with van der Waals surface area (Å²) in [5.74, 6) is 0. The second kappa shape index (κ2) is 4.23. The number of nitro groups is 1. The highest BCUT2D eigenvalue weighted by Gasteiger charge is 2.15. The minimum atomic E-state index is -0.342. The summed E-state index contributed by atoms with van der Waals surface area (Å²) >= 11 is 1.54. The number of nitrogens with zero attached hydrogens (tertiary/aromatic N) is 3. The third-order valence-corrected chi connectivity index (χ3v) is 3.54.